The summed E-state index contributed by atoms with van der Waals surface area (Å²) in [6.07, 6.45) is 0. The first-order valence-corrected chi connectivity index (χ1v) is 5.19. The van der Waals surface area contributed by atoms with Gasteiger partial charge in [0.05, 0.1) is 12.0 Å². The number of rotatable bonds is 4. The van der Waals surface area contributed by atoms with Gasteiger partial charge in [-0.15, -0.1) is 0 Å². The fraction of sp³-hybridized carbons (Fsp3) is 0.273. The largest absolute Gasteiger partial charge is 0.467 e. The Bertz CT molecular complexity index is 532. The summed E-state index contributed by atoms with van der Waals surface area (Å²) in [5.41, 5.74) is -0.928. The number of amides is 1. The minimum atomic E-state index is -1.04. The zero-order valence-electron chi connectivity index (χ0n) is 10.2. The van der Waals surface area contributed by atoms with Gasteiger partial charge in [-0.1, -0.05) is 0 Å². The molecule has 19 heavy (non-hydrogen) atoms. The molecule has 1 unspecified atom stereocenters. The molecule has 102 valence electrons. The molecule has 0 aliphatic heterocycles. The summed E-state index contributed by atoms with van der Waals surface area (Å²) < 4.78 is 17.5. The van der Waals surface area contributed by atoms with Crippen LogP contribution in [0.1, 0.15) is 17.3 Å². The zero-order chi connectivity index (χ0) is 14.6. The van der Waals surface area contributed by atoms with Crippen LogP contribution < -0.4 is 5.32 Å². The van der Waals surface area contributed by atoms with Gasteiger partial charge in [0.25, 0.3) is 5.91 Å². The lowest BCUT2D eigenvalue weighted by Gasteiger charge is -2.11. The van der Waals surface area contributed by atoms with Crippen molar-refractivity contribution >= 4 is 17.6 Å². The average molecular weight is 270 g/mol. The van der Waals surface area contributed by atoms with E-state index in [-0.39, 0.29) is 5.56 Å². The maximum atomic E-state index is 13.1. The molecule has 1 aromatic carbocycles. The normalized spacial score (nSPS) is 11.5. The fourth-order valence-corrected chi connectivity index (χ4v) is 1.31. The monoisotopic (exact) mass is 270 g/mol. The van der Waals surface area contributed by atoms with Gasteiger partial charge in [0.15, 0.2) is 0 Å². The number of carbonyl (C=O) groups excluding carboxylic acids is 2. The Hall–Kier alpha value is -2.51. The minimum absolute atomic E-state index is 0.121. The number of hydrogen-bond donors (Lipinski definition) is 1. The Labute approximate surface area is 107 Å². The lowest BCUT2D eigenvalue weighted by molar-refractivity contribution is -0.387. The lowest BCUT2D eigenvalue weighted by Crippen LogP contribution is -2.39. The molecule has 0 fully saturated rings. The van der Waals surface area contributed by atoms with Crippen molar-refractivity contribution in [2.24, 2.45) is 0 Å². The van der Waals surface area contributed by atoms with E-state index in [2.05, 4.69) is 10.1 Å². The van der Waals surface area contributed by atoms with Crippen LogP contribution in [-0.2, 0) is 9.53 Å². The van der Waals surface area contributed by atoms with Gasteiger partial charge in [-0.2, -0.15) is 4.39 Å². The van der Waals surface area contributed by atoms with Crippen molar-refractivity contribution in [2.45, 2.75) is 13.0 Å². The molecule has 7 nitrogen and oxygen atoms in total. The molecule has 1 rings (SSSR count). The number of nitrogens with one attached hydrogen (secondary N) is 1. The molecule has 1 amide bonds. The zero-order valence-corrected chi connectivity index (χ0v) is 10.2. The molecule has 0 spiro atoms. The first kappa shape index (κ1) is 14.6. The van der Waals surface area contributed by atoms with Crippen molar-refractivity contribution < 1.29 is 23.6 Å². The number of ether oxygens (including phenoxy) is 1. The van der Waals surface area contributed by atoms with E-state index in [1.165, 1.54) is 6.92 Å². The van der Waals surface area contributed by atoms with Crippen molar-refractivity contribution in [1.82, 2.24) is 5.32 Å². The number of carbonyl (C=O) groups is 2. The van der Waals surface area contributed by atoms with Gasteiger partial charge in [0.1, 0.15) is 6.04 Å². The van der Waals surface area contributed by atoms with Crippen molar-refractivity contribution in [3.05, 3.63) is 39.7 Å². The number of benzene rings is 1. The summed E-state index contributed by atoms with van der Waals surface area (Å²) >= 11 is 0. The number of hydrogen-bond acceptors (Lipinski definition) is 5. The van der Waals surface area contributed by atoms with Crippen molar-refractivity contribution in [2.75, 3.05) is 7.11 Å². The van der Waals surface area contributed by atoms with E-state index in [1.54, 1.807) is 0 Å². The van der Waals surface area contributed by atoms with Crippen molar-refractivity contribution in [3.63, 3.8) is 0 Å². The molecule has 0 aliphatic carbocycles. The molecule has 1 atom stereocenters. The molecule has 0 bridgehead atoms. The van der Waals surface area contributed by atoms with Crippen LogP contribution in [0.4, 0.5) is 10.1 Å². The van der Waals surface area contributed by atoms with E-state index in [0.717, 1.165) is 25.3 Å². The maximum Gasteiger partial charge on any atom is 0.328 e. The Morgan fingerprint density at radius 1 is 1.47 bits per heavy atom. The molecule has 0 saturated carbocycles. The number of nitro groups is 1. The first-order valence-electron chi connectivity index (χ1n) is 5.19. The highest BCUT2D eigenvalue weighted by atomic mass is 19.1. The van der Waals surface area contributed by atoms with Crippen LogP contribution in [0, 0.1) is 15.9 Å². The Morgan fingerprint density at radius 2 is 2.11 bits per heavy atom. The Morgan fingerprint density at radius 3 is 2.63 bits per heavy atom. The molecule has 0 saturated heterocycles. The third-order valence-corrected chi connectivity index (χ3v) is 2.31. The van der Waals surface area contributed by atoms with Gasteiger partial charge in [0.2, 0.25) is 5.82 Å². The molecule has 1 aromatic rings. The maximum absolute atomic E-state index is 13.1. The van der Waals surface area contributed by atoms with Gasteiger partial charge in [-0.05, 0) is 19.1 Å². The van der Waals surface area contributed by atoms with Crippen molar-refractivity contribution in [3.8, 4) is 0 Å². The smallest absolute Gasteiger partial charge is 0.328 e. The van der Waals surface area contributed by atoms with Gasteiger partial charge in [-0.25, -0.2) is 4.79 Å². The van der Waals surface area contributed by atoms with Crippen LogP contribution in [0.5, 0.6) is 0 Å². The van der Waals surface area contributed by atoms with Crippen LogP contribution in [0.25, 0.3) is 0 Å². The van der Waals surface area contributed by atoms with Crippen LogP contribution in [0.3, 0.4) is 0 Å². The second-order valence-corrected chi connectivity index (χ2v) is 3.64. The second kappa shape index (κ2) is 5.89. The van der Waals surface area contributed by atoms with E-state index >= 15 is 0 Å². The summed E-state index contributed by atoms with van der Waals surface area (Å²) in [7, 11) is 1.16. The van der Waals surface area contributed by atoms with Gasteiger partial charge >= 0.3 is 11.7 Å². The van der Waals surface area contributed by atoms with E-state index < -0.39 is 34.3 Å². The Kier molecular flexibility index (Phi) is 4.51. The molecule has 8 heteroatoms. The number of esters is 1. The number of nitro benzene ring substituents is 1. The highest BCUT2D eigenvalue weighted by molar-refractivity contribution is 5.97. The summed E-state index contributed by atoms with van der Waals surface area (Å²) in [5.74, 6) is -2.44. The van der Waals surface area contributed by atoms with Gasteiger partial charge in [0, 0.05) is 11.6 Å². The predicted octanol–water partition coefficient (Wildman–Crippen LogP) is 1.03. The summed E-state index contributed by atoms with van der Waals surface area (Å²) in [5, 5.41) is 12.8. The molecule has 1 N–H and O–H groups in total. The van der Waals surface area contributed by atoms with Crippen molar-refractivity contribution in [1.29, 1.82) is 0 Å². The topological polar surface area (TPSA) is 98.5 Å². The molecule has 0 heterocycles. The van der Waals surface area contributed by atoms with E-state index in [4.69, 9.17) is 0 Å². The average Bonchev–Trinajstić information content (AvgIpc) is 2.37. The highest BCUT2D eigenvalue weighted by Crippen LogP contribution is 2.18. The molecule has 0 aliphatic rings. The standard InChI is InChI=1S/C11H11FN2O5/c1-6(11(16)19-2)13-10(15)7-3-4-8(12)9(5-7)14(17)18/h3-6H,1-2H3,(H,13,15). The van der Waals surface area contributed by atoms with Crippen LogP contribution >= 0.6 is 0 Å². The number of nitrogens with zero attached hydrogens (tertiary/aromatic N) is 1. The lowest BCUT2D eigenvalue weighted by atomic mass is 10.1. The van der Waals surface area contributed by atoms with Crippen LogP contribution in [-0.4, -0.2) is 30.0 Å². The summed E-state index contributed by atoms with van der Waals surface area (Å²) in [6.45, 7) is 1.39. The summed E-state index contributed by atoms with van der Waals surface area (Å²) in [6, 6.07) is 1.79. The van der Waals surface area contributed by atoms with E-state index in [0.29, 0.717) is 0 Å². The quantitative estimate of drug-likeness (QED) is 0.500. The third kappa shape index (κ3) is 3.47. The van der Waals surface area contributed by atoms with Crippen LogP contribution in [0.15, 0.2) is 18.2 Å². The SMILES string of the molecule is COC(=O)C(C)NC(=O)c1ccc(F)c([N+](=O)[O-])c1. The van der Waals surface area contributed by atoms with Crippen LogP contribution in [0.2, 0.25) is 0 Å². The molecule has 0 radical (unpaired) electrons. The molecular formula is C11H11FN2O5. The first-order chi connectivity index (χ1) is 8.86. The van der Waals surface area contributed by atoms with E-state index in [1.807, 2.05) is 0 Å². The minimum Gasteiger partial charge on any atom is -0.467 e. The molecule has 0 aromatic heterocycles. The fourth-order valence-electron chi connectivity index (χ4n) is 1.31. The molecular weight excluding hydrogens is 259 g/mol. The van der Waals surface area contributed by atoms with E-state index in [9.17, 15) is 24.1 Å². The third-order valence-electron chi connectivity index (χ3n) is 2.31. The second-order valence-electron chi connectivity index (χ2n) is 3.64. The van der Waals surface area contributed by atoms with Gasteiger partial charge < -0.3 is 10.1 Å². The number of methoxy groups -OCH3 is 1. The summed E-state index contributed by atoms with van der Waals surface area (Å²) in [4.78, 5) is 32.4. The van der Waals surface area contributed by atoms with Gasteiger partial charge in [-0.3, -0.25) is 14.9 Å². The predicted molar refractivity (Wildman–Crippen MR) is 62.0 cm³/mol. The Balaban J connectivity index is 2.92. The highest BCUT2D eigenvalue weighted by Gasteiger charge is 2.20. The number of halogens is 1.